The number of piperidine rings is 1. The van der Waals surface area contributed by atoms with E-state index < -0.39 is 18.1 Å². The molecule has 172 valence electrons. The van der Waals surface area contributed by atoms with Crippen molar-refractivity contribution >= 4 is 34.7 Å². The highest BCUT2D eigenvalue weighted by molar-refractivity contribution is 7.16. The van der Waals surface area contributed by atoms with Crippen molar-refractivity contribution in [3.63, 3.8) is 0 Å². The minimum Gasteiger partial charge on any atom is -0.395 e. The lowest BCUT2D eigenvalue weighted by molar-refractivity contribution is -0.147. The maximum atomic E-state index is 13.0. The smallest absolute Gasteiger partial charge is 0.395 e. The minimum absolute atomic E-state index is 0.0347. The van der Waals surface area contributed by atoms with Gasteiger partial charge in [-0.25, -0.2) is 0 Å². The van der Waals surface area contributed by atoms with Crippen LogP contribution in [0.5, 0.6) is 0 Å². The number of aliphatic hydroxyl groups is 1. The first-order valence-corrected chi connectivity index (χ1v) is 11.2. The number of likely N-dealkylation sites (tertiary alicyclic amines) is 1. The Hall–Kier alpha value is -1.62. The molecule has 0 unspecified atom stereocenters. The molecule has 1 aliphatic heterocycles. The normalized spacial score (nSPS) is 16.6. The molecule has 2 aromatic rings. The zero-order valence-electron chi connectivity index (χ0n) is 17.4. The monoisotopic (exact) mass is 478 g/mol. The lowest BCUT2D eigenvalue weighted by Crippen LogP contribution is -2.39. The number of rotatable bonds is 7. The maximum Gasteiger partial charge on any atom is 0.401 e. The first-order chi connectivity index (χ1) is 14.5. The topological polar surface area (TPSA) is 70.4 Å². The van der Waals surface area contributed by atoms with Crippen molar-refractivity contribution in [1.82, 2.24) is 14.7 Å². The number of anilines is 1. The Morgan fingerprint density at radius 3 is 2.55 bits per heavy atom. The van der Waals surface area contributed by atoms with Crippen LogP contribution >= 0.6 is 22.9 Å². The van der Waals surface area contributed by atoms with Crippen molar-refractivity contribution in [1.29, 1.82) is 0 Å². The molecular weight excluding hydrogens is 453 g/mol. The van der Waals surface area contributed by atoms with E-state index in [1.165, 1.54) is 20.9 Å². The van der Waals surface area contributed by atoms with Gasteiger partial charge in [0.2, 0.25) is 0 Å². The van der Waals surface area contributed by atoms with E-state index in [4.69, 9.17) is 11.6 Å². The third kappa shape index (κ3) is 6.21. The fraction of sp³-hybridized carbons (Fsp3) is 0.600. The van der Waals surface area contributed by atoms with E-state index in [1.807, 2.05) is 6.07 Å². The Morgan fingerprint density at radius 1 is 1.32 bits per heavy atom. The molecular formula is C20H26ClF3N4O2S. The van der Waals surface area contributed by atoms with Gasteiger partial charge in [-0.15, -0.1) is 11.3 Å². The highest BCUT2D eigenvalue weighted by atomic mass is 35.5. The predicted octanol–water partition coefficient (Wildman–Crippen LogP) is 4.61. The molecule has 1 aliphatic rings. The number of alkyl halides is 3. The van der Waals surface area contributed by atoms with Crippen molar-refractivity contribution < 1.29 is 23.1 Å². The van der Waals surface area contributed by atoms with E-state index in [0.717, 1.165) is 4.88 Å². The summed E-state index contributed by atoms with van der Waals surface area (Å²) in [5.74, 6) is 0.0961. The Labute approximate surface area is 188 Å². The highest BCUT2D eigenvalue weighted by Crippen LogP contribution is 2.32. The Kier molecular flexibility index (Phi) is 7.35. The molecule has 31 heavy (non-hydrogen) atoms. The van der Waals surface area contributed by atoms with Crippen LogP contribution < -0.4 is 5.32 Å². The van der Waals surface area contributed by atoms with Crippen molar-refractivity contribution in [3.8, 4) is 0 Å². The van der Waals surface area contributed by atoms with Crippen LogP contribution in [0.15, 0.2) is 18.2 Å². The van der Waals surface area contributed by atoms with E-state index in [9.17, 15) is 23.1 Å². The summed E-state index contributed by atoms with van der Waals surface area (Å²) in [7, 11) is 0. The summed E-state index contributed by atoms with van der Waals surface area (Å²) in [4.78, 5) is 15.4. The van der Waals surface area contributed by atoms with E-state index in [-0.39, 0.29) is 18.4 Å². The SMILES string of the molecule is CC(C)(CO)C(=O)n1nc(C2CCN(CC(F)(F)F)CC2)cc1NCc1ccc(Cl)s1. The fourth-order valence-electron chi connectivity index (χ4n) is 3.50. The van der Waals surface area contributed by atoms with Gasteiger partial charge in [-0.1, -0.05) is 11.6 Å². The molecule has 0 radical (unpaired) electrons. The molecule has 0 amide bonds. The van der Waals surface area contributed by atoms with E-state index in [1.54, 1.807) is 26.0 Å². The second kappa shape index (κ2) is 9.48. The standard InChI is InChI=1S/C20H26ClF3N4O2S/c1-19(2,12-29)18(30)28-17(25-10-14-3-4-16(21)31-14)9-15(26-28)13-5-7-27(8-6-13)11-20(22,23)24/h3-4,9,13,25,29H,5-8,10-12H2,1-2H3. The largest absolute Gasteiger partial charge is 0.401 e. The van der Waals surface area contributed by atoms with Gasteiger partial charge in [0.1, 0.15) is 5.82 Å². The zero-order valence-corrected chi connectivity index (χ0v) is 18.9. The molecule has 1 fully saturated rings. The third-order valence-electron chi connectivity index (χ3n) is 5.38. The number of aliphatic hydroxyl groups excluding tert-OH is 1. The molecule has 11 heteroatoms. The van der Waals surface area contributed by atoms with Gasteiger partial charge in [0.25, 0.3) is 5.91 Å². The van der Waals surface area contributed by atoms with Crippen LogP contribution in [0.4, 0.5) is 19.0 Å². The van der Waals surface area contributed by atoms with Crippen molar-refractivity contribution in [3.05, 3.63) is 33.1 Å². The second-order valence-corrected chi connectivity index (χ2v) is 10.2. The average molecular weight is 479 g/mol. The van der Waals surface area contributed by atoms with Gasteiger partial charge >= 0.3 is 6.18 Å². The third-order valence-corrected chi connectivity index (χ3v) is 6.61. The van der Waals surface area contributed by atoms with Crippen LogP contribution in [-0.4, -0.2) is 58.1 Å². The van der Waals surface area contributed by atoms with Crippen LogP contribution in [0, 0.1) is 5.41 Å². The van der Waals surface area contributed by atoms with E-state index >= 15 is 0 Å². The van der Waals surface area contributed by atoms with E-state index in [0.29, 0.717) is 48.3 Å². The summed E-state index contributed by atoms with van der Waals surface area (Å²) in [6.07, 6.45) is -3.15. The molecule has 2 N–H and O–H groups in total. The van der Waals surface area contributed by atoms with Crippen molar-refractivity contribution in [2.24, 2.45) is 5.41 Å². The summed E-state index contributed by atoms with van der Waals surface area (Å²) in [6, 6.07) is 5.46. The zero-order chi connectivity index (χ0) is 22.8. The predicted molar refractivity (Wildman–Crippen MR) is 115 cm³/mol. The molecule has 0 atom stereocenters. The first-order valence-electron chi connectivity index (χ1n) is 10.0. The van der Waals surface area contributed by atoms with Crippen LogP contribution in [-0.2, 0) is 6.54 Å². The summed E-state index contributed by atoms with van der Waals surface area (Å²) < 4.78 is 39.9. The van der Waals surface area contributed by atoms with E-state index in [2.05, 4.69) is 10.4 Å². The van der Waals surface area contributed by atoms with Gasteiger partial charge in [0.15, 0.2) is 0 Å². The summed E-state index contributed by atoms with van der Waals surface area (Å²) in [5.41, 5.74) is -0.359. The number of aromatic nitrogens is 2. The quantitative estimate of drug-likeness (QED) is 0.608. The number of carbonyl (C=O) groups excluding carboxylic acids is 1. The van der Waals surface area contributed by atoms with Crippen LogP contribution in [0.25, 0.3) is 0 Å². The van der Waals surface area contributed by atoms with Crippen LogP contribution in [0.2, 0.25) is 4.34 Å². The number of halogens is 4. The highest BCUT2D eigenvalue weighted by Gasteiger charge is 2.35. The average Bonchev–Trinajstić information content (AvgIpc) is 3.31. The summed E-state index contributed by atoms with van der Waals surface area (Å²) >= 11 is 7.40. The fourth-order valence-corrected chi connectivity index (χ4v) is 4.53. The van der Waals surface area contributed by atoms with Gasteiger partial charge in [-0.3, -0.25) is 9.69 Å². The molecule has 1 saturated heterocycles. The number of thiophene rings is 1. The minimum atomic E-state index is -4.21. The van der Waals surface area contributed by atoms with Gasteiger partial charge in [-0.05, 0) is 51.9 Å². The molecule has 0 aromatic carbocycles. The second-order valence-electron chi connectivity index (χ2n) is 8.44. The molecule has 0 aliphatic carbocycles. The van der Waals surface area contributed by atoms with Gasteiger partial charge in [0.05, 0.1) is 35.1 Å². The molecule has 6 nitrogen and oxygen atoms in total. The number of hydrogen-bond donors (Lipinski definition) is 2. The first kappa shape index (κ1) is 24.0. The Bertz CT molecular complexity index is 905. The molecule has 0 spiro atoms. The number of carbonyl (C=O) groups is 1. The molecule has 0 saturated carbocycles. The molecule has 0 bridgehead atoms. The van der Waals surface area contributed by atoms with Crippen LogP contribution in [0.3, 0.4) is 0 Å². The van der Waals surface area contributed by atoms with Gasteiger partial charge in [-0.2, -0.15) is 23.0 Å². The van der Waals surface area contributed by atoms with Crippen molar-refractivity contribution in [2.75, 3.05) is 31.6 Å². The van der Waals surface area contributed by atoms with Gasteiger partial charge in [0, 0.05) is 16.9 Å². The summed E-state index contributed by atoms with van der Waals surface area (Å²) in [5, 5.41) is 17.3. The lowest BCUT2D eigenvalue weighted by Gasteiger charge is -2.31. The van der Waals surface area contributed by atoms with Crippen LogP contribution in [0.1, 0.15) is 48.0 Å². The van der Waals surface area contributed by atoms with Crippen molar-refractivity contribution in [2.45, 2.75) is 45.3 Å². The summed E-state index contributed by atoms with van der Waals surface area (Å²) in [6.45, 7) is 3.11. The van der Waals surface area contributed by atoms with Gasteiger partial charge < -0.3 is 10.4 Å². The Balaban J connectivity index is 1.77. The number of nitrogens with one attached hydrogen (secondary N) is 1. The molecule has 2 aromatic heterocycles. The molecule has 3 rings (SSSR count). The Morgan fingerprint density at radius 2 is 2.00 bits per heavy atom. The number of nitrogens with zero attached hydrogens (tertiary/aromatic N) is 3. The lowest BCUT2D eigenvalue weighted by atomic mass is 9.93. The maximum absolute atomic E-state index is 13.0. The molecule has 3 heterocycles. The number of hydrogen-bond acceptors (Lipinski definition) is 6.